The van der Waals surface area contributed by atoms with Crippen LogP contribution in [0.15, 0.2) is 24.3 Å². The molecule has 0 saturated carbocycles. The van der Waals surface area contributed by atoms with Gasteiger partial charge in [-0.3, -0.25) is 0 Å². The van der Waals surface area contributed by atoms with E-state index in [0.29, 0.717) is 0 Å². The van der Waals surface area contributed by atoms with E-state index >= 15 is 0 Å². The molecule has 84 valence electrons. The lowest BCUT2D eigenvalue weighted by Gasteiger charge is -2.26. The van der Waals surface area contributed by atoms with Crippen molar-refractivity contribution < 1.29 is 0 Å². The second-order valence-corrected chi connectivity index (χ2v) is 4.95. The highest BCUT2D eigenvalue weighted by Gasteiger charge is 2.22. The summed E-state index contributed by atoms with van der Waals surface area (Å²) in [7, 11) is 0. The van der Waals surface area contributed by atoms with Gasteiger partial charge in [-0.2, -0.15) is 0 Å². The molecule has 0 radical (unpaired) electrons. The first-order valence-corrected chi connectivity index (χ1v) is 5.91. The van der Waals surface area contributed by atoms with Crippen molar-refractivity contribution in [1.82, 2.24) is 5.32 Å². The second kappa shape index (κ2) is 5.53. The number of hydrogen-bond acceptors (Lipinski definition) is 1. The van der Waals surface area contributed by atoms with Crippen LogP contribution in [-0.2, 0) is 5.41 Å². The SMILES string of the molecule is CCCNCC(C)(C)c1ccccc1Cl. The third-order valence-electron chi connectivity index (χ3n) is 2.60. The molecule has 1 aromatic rings. The normalized spacial score (nSPS) is 11.7. The molecule has 0 saturated heterocycles. The highest BCUT2D eigenvalue weighted by atomic mass is 35.5. The van der Waals surface area contributed by atoms with Crippen LogP contribution in [0.1, 0.15) is 32.8 Å². The van der Waals surface area contributed by atoms with Crippen molar-refractivity contribution in [1.29, 1.82) is 0 Å². The van der Waals surface area contributed by atoms with Crippen molar-refractivity contribution in [2.24, 2.45) is 0 Å². The first-order valence-electron chi connectivity index (χ1n) is 5.53. The van der Waals surface area contributed by atoms with Crippen molar-refractivity contribution in [3.05, 3.63) is 34.9 Å². The molecular formula is C13H20ClN. The fraction of sp³-hybridized carbons (Fsp3) is 0.538. The van der Waals surface area contributed by atoms with Gasteiger partial charge in [-0.05, 0) is 24.6 Å². The number of nitrogens with one attached hydrogen (secondary N) is 1. The summed E-state index contributed by atoms with van der Waals surface area (Å²) in [5.74, 6) is 0. The van der Waals surface area contributed by atoms with E-state index in [-0.39, 0.29) is 5.41 Å². The molecule has 0 unspecified atom stereocenters. The molecule has 1 nitrogen and oxygen atoms in total. The molecule has 1 aromatic carbocycles. The minimum absolute atomic E-state index is 0.0908. The van der Waals surface area contributed by atoms with Gasteiger partial charge in [-0.1, -0.05) is 50.6 Å². The van der Waals surface area contributed by atoms with Crippen molar-refractivity contribution in [2.75, 3.05) is 13.1 Å². The Labute approximate surface area is 97.8 Å². The first kappa shape index (κ1) is 12.5. The standard InChI is InChI=1S/C13H20ClN/c1-4-9-15-10-13(2,3)11-7-5-6-8-12(11)14/h5-8,15H,4,9-10H2,1-3H3. The van der Waals surface area contributed by atoms with Crippen LogP contribution in [0.25, 0.3) is 0 Å². The third kappa shape index (κ3) is 3.51. The van der Waals surface area contributed by atoms with E-state index in [1.807, 2.05) is 18.2 Å². The third-order valence-corrected chi connectivity index (χ3v) is 2.93. The van der Waals surface area contributed by atoms with Gasteiger partial charge in [0, 0.05) is 17.0 Å². The van der Waals surface area contributed by atoms with E-state index in [2.05, 4.69) is 32.2 Å². The Bertz CT molecular complexity index is 307. The minimum atomic E-state index is 0.0908. The van der Waals surface area contributed by atoms with Gasteiger partial charge in [-0.25, -0.2) is 0 Å². The molecule has 15 heavy (non-hydrogen) atoms. The smallest absolute Gasteiger partial charge is 0.0443 e. The van der Waals surface area contributed by atoms with Crippen LogP contribution >= 0.6 is 11.6 Å². The van der Waals surface area contributed by atoms with Crippen molar-refractivity contribution in [3.8, 4) is 0 Å². The molecule has 0 bridgehead atoms. The quantitative estimate of drug-likeness (QED) is 0.755. The molecule has 0 fully saturated rings. The van der Waals surface area contributed by atoms with Gasteiger partial charge in [-0.15, -0.1) is 0 Å². The predicted octanol–water partition coefficient (Wildman–Crippen LogP) is 3.62. The van der Waals surface area contributed by atoms with Crippen LogP contribution in [-0.4, -0.2) is 13.1 Å². The zero-order valence-corrected chi connectivity index (χ0v) is 10.6. The van der Waals surface area contributed by atoms with Crippen molar-refractivity contribution >= 4 is 11.6 Å². The molecule has 2 heteroatoms. The molecule has 0 atom stereocenters. The maximum absolute atomic E-state index is 6.19. The lowest BCUT2D eigenvalue weighted by Crippen LogP contribution is -2.33. The summed E-state index contributed by atoms with van der Waals surface area (Å²) in [6.07, 6.45) is 1.17. The summed E-state index contributed by atoms with van der Waals surface area (Å²) < 4.78 is 0. The Hall–Kier alpha value is -0.530. The van der Waals surface area contributed by atoms with Crippen molar-refractivity contribution in [3.63, 3.8) is 0 Å². The largest absolute Gasteiger partial charge is 0.316 e. The fourth-order valence-electron chi connectivity index (χ4n) is 1.68. The van der Waals surface area contributed by atoms with E-state index in [1.54, 1.807) is 0 Å². The monoisotopic (exact) mass is 225 g/mol. The van der Waals surface area contributed by atoms with Gasteiger partial charge in [0.15, 0.2) is 0 Å². The zero-order chi connectivity index (χ0) is 11.3. The highest BCUT2D eigenvalue weighted by Crippen LogP contribution is 2.28. The van der Waals surface area contributed by atoms with Crippen LogP contribution in [0.3, 0.4) is 0 Å². The Kier molecular flexibility index (Phi) is 4.62. The average Bonchev–Trinajstić information content (AvgIpc) is 2.18. The summed E-state index contributed by atoms with van der Waals surface area (Å²) >= 11 is 6.19. The highest BCUT2D eigenvalue weighted by molar-refractivity contribution is 6.31. The Morgan fingerprint density at radius 2 is 1.93 bits per heavy atom. The Balaban J connectivity index is 2.72. The maximum Gasteiger partial charge on any atom is 0.0443 e. The van der Waals surface area contributed by atoms with Crippen molar-refractivity contribution in [2.45, 2.75) is 32.6 Å². The molecule has 0 aliphatic rings. The van der Waals surface area contributed by atoms with E-state index in [9.17, 15) is 0 Å². The van der Waals surface area contributed by atoms with Crippen LogP contribution in [0.4, 0.5) is 0 Å². The lowest BCUT2D eigenvalue weighted by atomic mass is 9.84. The van der Waals surface area contributed by atoms with Gasteiger partial charge in [0.25, 0.3) is 0 Å². The maximum atomic E-state index is 6.19. The average molecular weight is 226 g/mol. The molecule has 0 aliphatic carbocycles. The summed E-state index contributed by atoms with van der Waals surface area (Å²) in [4.78, 5) is 0. The summed E-state index contributed by atoms with van der Waals surface area (Å²) in [5, 5.41) is 4.30. The van der Waals surface area contributed by atoms with Gasteiger partial charge in [0.1, 0.15) is 0 Å². The molecule has 0 heterocycles. The van der Waals surface area contributed by atoms with Gasteiger partial charge in [0.05, 0.1) is 0 Å². The molecule has 0 aromatic heterocycles. The van der Waals surface area contributed by atoms with Crippen LogP contribution < -0.4 is 5.32 Å². The number of hydrogen-bond donors (Lipinski definition) is 1. The lowest BCUT2D eigenvalue weighted by molar-refractivity contribution is 0.470. The van der Waals surface area contributed by atoms with Gasteiger partial charge >= 0.3 is 0 Å². The fourth-order valence-corrected chi connectivity index (χ4v) is 2.07. The van der Waals surface area contributed by atoms with Gasteiger partial charge in [0.2, 0.25) is 0 Å². The van der Waals surface area contributed by atoms with E-state index in [4.69, 9.17) is 11.6 Å². The van der Waals surface area contributed by atoms with E-state index in [1.165, 1.54) is 12.0 Å². The molecule has 1 N–H and O–H groups in total. The summed E-state index contributed by atoms with van der Waals surface area (Å²) in [6.45, 7) is 8.64. The Morgan fingerprint density at radius 3 is 2.53 bits per heavy atom. The molecule has 1 rings (SSSR count). The van der Waals surface area contributed by atoms with Crippen LogP contribution in [0, 0.1) is 0 Å². The number of halogens is 1. The molecular weight excluding hydrogens is 206 g/mol. The minimum Gasteiger partial charge on any atom is -0.316 e. The topological polar surface area (TPSA) is 12.0 Å². The number of rotatable bonds is 5. The molecule has 0 amide bonds. The first-order chi connectivity index (χ1) is 7.08. The Morgan fingerprint density at radius 1 is 1.27 bits per heavy atom. The number of benzene rings is 1. The van der Waals surface area contributed by atoms with Crippen LogP contribution in [0.5, 0.6) is 0 Å². The predicted molar refractivity (Wildman–Crippen MR) is 67.6 cm³/mol. The van der Waals surface area contributed by atoms with Crippen LogP contribution in [0.2, 0.25) is 5.02 Å². The molecule has 0 aliphatic heterocycles. The van der Waals surface area contributed by atoms with E-state index in [0.717, 1.165) is 18.1 Å². The summed E-state index contributed by atoms with van der Waals surface area (Å²) in [6, 6.07) is 8.08. The van der Waals surface area contributed by atoms with E-state index < -0.39 is 0 Å². The zero-order valence-electron chi connectivity index (χ0n) is 9.81. The second-order valence-electron chi connectivity index (χ2n) is 4.54. The summed E-state index contributed by atoms with van der Waals surface area (Å²) in [5.41, 5.74) is 1.31. The van der Waals surface area contributed by atoms with Gasteiger partial charge < -0.3 is 5.32 Å². The molecule has 0 spiro atoms.